The number of sulfone groups is 1. The first-order valence-corrected chi connectivity index (χ1v) is 6.97. The topological polar surface area (TPSA) is 72.0 Å². The molecular weight excluding hydrogens is 226 g/mol. The Hall–Kier alpha value is -1.01. The van der Waals surface area contributed by atoms with Crippen molar-refractivity contribution in [2.24, 2.45) is 5.92 Å². The van der Waals surface area contributed by atoms with Gasteiger partial charge in [0.05, 0.1) is 11.4 Å². The fourth-order valence-electron chi connectivity index (χ4n) is 1.80. The van der Waals surface area contributed by atoms with E-state index in [0.717, 1.165) is 25.2 Å². The van der Waals surface area contributed by atoms with Crippen molar-refractivity contribution < 1.29 is 8.42 Å². The highest BCUT2D eigenvalue weighted by Crippen LogP contribution is 2.15. The number of rotatable bonds is 3. The Morgan fingerprint density at radius 2 is 2.25 bits per heavy atom. The summed E-state index contributed by atoms with van der Waals surface area (Å²) in [6.07, 6.45) is 0.915. The number of aryl methyl sites for hydroxylation is 1. The number of hydrogen-bond acceptors (Lipinski definition) is 5. The molecule has 2 rings (SSSR count). The lowest BCUT2D eigenvalue weighted by atomic mass is 10.2. The van der Waals surface area contributed by atoms with Gasteiger partial charge in [-0.05, 0) is 44.5 Å². The predicted octanol–water partition coefficient (Wildman–Crippen LogP) is 0.168. The fraction of sp³-hybridized carbons (Fsp3) is 0.600. The van der Waals surface area contributed by atoms with E-state index in [1.165, 1.54) is 6.07 Å². The average molecular weight is 241 g/mol. The van der Waals surface area contributed by atoms with Gasteiger partial charge in [0.2, 0.25) is 0 Å². The highest BCUT2D eigenvalue weighted by atomic mass is 32.2. The van der Waals surface area contributed by atoms with Gasteiger partial charge in [-0.15, -0.1) is 5.10 Å². The van der Waals surface area contributed by atoms with E-state index in [2.05, 4.69) is 15.5 Å². The van der Waals surface area contributed by atoms with Crippen LogP contribution in [0, 0.1) is 12.8 Å². The molecule has 1 fully saturated rings. The van der Waals surface area contributed by atoms with Gasteiger partial charge in [-0.3, -0.25) is 0 Å². The molecule has 1 aromatic heterocycles. The van der Waals surface area contributed by atoms with Gasteiger partial charge >= 0.3 is 0 Å². The molecule has 6 heteroatoms. The van der Waals surface area contributed by atoms with Gasteiger partial charge in [0, 0.05) is 0 Å². The van der Waals surface area contributed by atoms with Crippen LogP contribution in [0.5, 0.6) is 0 Å². The van der Waals surface area contributed by atoms with Gasteiger partial charge < -0.3 is 5.32 Å². The zero-order chi connectivity index (χ0) is 11.6. The molecule has 1 aromatic rings. The number of nitrogens with zero attached hydrogens (tertiary/aromatic N) is 2. The van der Waals surface area contributed by atoms with Crippen LogP contribution >= 0.6 is 0 Å². The van der Waals surface area contributed by atoms with Gasteiger partial charge in [-0.1, -0.05) is 0 Å². The summed E-state index contributed by atoms with van der Waals surface area (Å²) in [4.78, 5) is 0. The molecule has 1 atom stereocenters. The van der Waals surface area contributed by atoms with Crippen molar-refractivity contribution in [3.8, 4) is 0 Å². The zero-order valence-corrected chi connectivity index (χ0v) is 10.00. The van der Waals surface area contributed by atoms with Gasteiger partial charge in [0.15, 0.2) is 14.9 Å². The summed E-state index contributed by atoms with van der Waals surface area (Å²) in [5.74, 6) is 0.366. The van der Waals surface area contributed by atoms with Crippen LogP contribution in [0.3, 0.4) is 0 Å². The monoisotopic (exact) mass is 241 g/mol. The number of hydrogen-bond donors (Lipinski definition) is 1. The molecule has 0 unspecified atom stereocenters. The van der Waals surface area contributed by atoms with Crippen molar-refractivity contribution in [2.75, 3.05) is 18.8 Å². The third-order valence-electron chi connectivity index (χ3n) is 2.71. The molecule has 88 valence electrons. The highest BCUT2D eigenvalue weighted by Gasteiger charge is 2.24. The van der Waals surface area contributed by atoms with E-state index in [1.807, 2.05) is 0 Å². The van der Waals surface area contributed by atoms with E-state index in [-0.39, 0.29) is 16.7 Å². The normalized spacial score (nSPS) is 21.2. The van der Waals surface area contributed by atoms with Crippen molar-refractivity contribution in [3.05, 3.63) is 17.8 Å². The minimum absolute atomic E-state index is 0.0880. The second kappa shape index (κ2) is 4.47. The van der Waals surface area contributed by atoms with Crippen molar-refractivity contribution in [3.63, 3.8) is 0 Å². The first kappa shape index (κ1) is 11.5. The van der Waals surface area contributed by atoms with E-state index in [1.54, 1.807) is 13.0 Å². The van der Waals surface area contributed by atoms with Gasteiger partial charge in [0.25, 0.3) is 0 Å². The van der Waals surface area contributed by atoms with E-state index in [0.29, 0.717) is 0 Å². The Labute approximate surface area is 95.2 Å². The van der Waals surface area contributed by atoms with Crippen molar-refractivity contribution >= 4 is 9.84 Å². The quantitative estimate of drug-likeness (QED) is 0.816. The average Bonchev–Trinajstić information content (AvgIpc) is 2.70. The lowest BCUT2D eigenvalue weighted by Crippen LogP contribution is -2.19. The first-order valence-electron chi connectivity index (χ1n) is 5.32. The molecule has 5 nitrogen and oxygen atoms in total. The van der Waals surface area contributed by atoms with Crippen LogP contribution in [-0.2, 0) is 9.84 Å². The molecule has 2 heterocycles. The van der Waals surface area contributed by atoms with Crippen molar-refractivity contribution in [1.82, 2.24) is 15.5 Å². The summed E-state index contributed by atoms with van der Waals surface area (Å²) in [6.45, 7) is 3.46. The van der Waals surface area contributed by atoms with Crippen molar-refractivity contribution in [1.29, 1.82) is 0 Å². The van der Waals surface area contributed by atoms with Crippen LogP contribution in [0.25, 0.3) is 0 Å². The Balaban J connectivity index is 2.14. The summed E-state index contributed by atoms with van der Waals surface area (Å²) < 4.78 is 23.9. The molecule has 1 N–H and O–H groups in total. The summed E-state index contributed by atoms with van der Waals surface area (Å²) >= 11 is 0. The van der Waals surface area contributed by atoms with Crippen LogP contribution in [0.15, 0.2) is 17.2 Å². The minimum atomic E-state index is -3.27. The summed E-state index contributed by atoms with van der Waals surface area (Å²) in [5, 5.41) is 10.8. The van der Waals surface area contributed by atoms with E-state index in [4.69, 9.17) is 0 Å². The molecule has 0 amide bonds. The second-order valence-electron chi connectivity index (χ2n) is 4.15. The Morgan fingerprint density at radius 3 is 2.81 bits per heavy atom. The summed E-state index contributed by atoms with van der Waals surface area (Å²) in [6, 6.07) is 3.20. The molecule has 0 radical (unpaired) electrons. The summed E-state index contributed by atoms with van der Waals surface area (Å²) in [7, 11) is -3.27. The van der Waals surface area contributed by atoms with Crippen LogP contribution in [-0.4, -0.2) is 37.5 Å². The van der Waals surface area contributed by atoms with E-state index < -0.39 is 9.84 Å². The third-order valence-corrected chi connectivity index (χ3v) is 4.47. The van der Waals surface area contributed by atoms with Gasteiger partial charge in [-0.2, -0.15) is 5.10 Å². The Bertz CT molecular complexity index is 449. The molecule has 0 saturated carbocycles. The molecule has 1 saturated heterocycles. The van der Waals surface area contributed by atoms with Crippen LogP contribution in [0.1, 0.15) is 12.1 Å². The highest BCUT2D eigenvalue weighted by molar-refractivity contribution is 7.91. The third kappa shape index (κ3) is 2.56. The Kier molecular flexibility index (Phi) is 3.20. The van der Waals surface area contributed by atoms with Crippen LogP contribution < -0.4 is 5.32 Å². The minimum Gasteiger partial charge on any atom is -0.316 e. The van der Waals surface area contributed by atoms with Crippen molar-refractivity contribution in [2.45, 2.75) is 18.4 Å². The zero-order valence-electron chi connectivity index (χ0n) is 9.18. The van der Waals surface area contributed by atoms with E-state index >= 15 is 0 Å². The van der Waals surface area contributed by atoms with E-state index in [9.17, 15) is 8.42 Å². The standard InChI is InChI=1S/C10H15N3O2S/c1-8-2-3-10(13-12-8)16(14,15)7-9-4-5-11-6-9/h2-3,9,11H,4-7H2,1H3/t9-/m1/s1. The maximum atomic E-state index is 12.0. The maximum absolute atomic E-state index is 12.0. The summed E-state index contributed by atoms with van der Waals surface area (Å²) in [5.41, 5.74) is 0.724. The lowest BCUT2D eigenvalue weighted by Gasteiger charge is -2.08. The fourth-order valence-corrected chi connectivity index (χ4v) is 3.32. The first-order chi connectivity index (χ1) is 7.58. The maximum Gasteiger partial charge on any atom is 0.197 e. The number of aromatic nitrogens is 2. The molecular formula is C10H15N3O2S. The lowest BCUT2D eigenvalue weighted by molar-refractivity contribution is 0.565. The molecule has 1 aliphatic rings. The molecule has 0 bridgehead atoms. The van der Waals surface area contributed by atoms with Gasteiger partial charge in [0.1, 0.15) is 0 Å². The molecule has 16 heavy (non-hydrogen) atoms. The Morgan fingerprint density at radius 1 is 1.44 bits per heavy atom. The molecule has 0 spiro atoms. The smallest absolute Gasteiger partial charge is 0.197 e. The number of nitrogens with one attached hydrogen (secondary N) is 1. The van der Waals surface area contributed by atoms with Gasteiger partial charge in [-0.25, -0.2) is 8.42 Å². The molecule has 0 aliphatic carbocycles. The molecule has 1 aliphatic heterocycles. The largest absolute Gasteiger partial charge is 0.316 e. The predicted molar refractivity (Wildman–Crippen MR) is 59.8 cm³/mol. The van der Waals surface area contributed by atoms with Crippen LogP contribution in [0.4, 0.5) is 0 Å². The van der Waals surface area contributed by atoms with Crippen LogP contribution in [0.2, 0.25) is 0 Å². The second-order valence-corrected chi connectivity index (χ2v) is 6.13. The molecule has 0 aromatic carbocycles. The SMILES string of the molecule is Cc1ccc(S(=O)(=O)C[C@@H]2CCNC2)nn1.